The number of fused-ring (bicyclic) bond motifs is 1. The molecule has 2 aromatic carbocycles. The summed E-state index contributed by atoms with van der Waals surface area (Å²) in [6, 6.07) is 20.0. The second-order valence-electron chi connectivity index (χ2n) is 5.49. The number of hydrogen-bond donors (Lipinski definition) is 0. The van der Waals surface area contributed by atoms with Crippen LogP contribution in [0.4, 0.5) is 0 Å². The van der Waals surface area contributed by atoms with Crippen molar-refractivity contribution in [2.45, 2.75) is 19.4 Å². The highest BCUT2D eigenvalue weighted by molar-refractivity contribution is 7.16. The third-order valence-corrected chi connectivity index (χ3v) is 4.74. The van der Waals surface area contributed by atoms with Gasteiger partial charge in [0, 0.05) is 6.42 Å². The van der Waals surface area contributed by atoms with Crippen molar-refractivity contribution in [1.82, 2.24) is 19.8 Å². The Hall–Kier alpha value is -2.73. The molecule has 4 aromatic rings. The summed E-state index contributed by atoms with van der Waals surface area (Å²) in [6.07, 6.45) is 0.572. The fourth-order valence-electron chi connectivity index (χ4n) is 2.48. The Kier molecular flexibility index (Phi) is 3.96. The van der Waals surface area contributed by atoms with Gasteiger partial charge in [-0.05, 0) is 24.6 Å². The first-order valence-corrected chi connectivity index (χ1v) is 8.58. The Balaban J connectivity index is 1.57. The minimum absolute atomic E-state index is 0.135. The summed E-state index contributed by atoms with van der Waals surface area (Å²) >= 11 is 1.51. The van der Waals surface area contributed by atoms with E-state index in [1.807, 2.05) is 60.0 Å². The molecule has 0 fully saturated rings. The minimum atomic E-state index is -0.135. The van der Waals surface area contributed by atoms with E-state index in [4.69, 9.17) is 4.74 Å². The first-order chi connectivity index (χ1) is 11.8. The lowest BCUT2D eigenvalue weighted by molar-refractivity contribution is 0.225. The highest BCUT2D eigenvalue weighted by atomic mass is 32.1. The zero-order valence-corrected chi connectivity index (χ0v) is 14.0. The molecule has 0 aliphatic heterocycles. The van der Waals surface area contributed by atoms with Crippen molar-refractivity contribution in [2.24, 2.45) is 0 Å². The van der Waals surface area contributed by atoms with Gasteiger partial charge in [0.2, 0.25) is 4.96 Å². The van der Waals surface area contributed by atoms with E-state index in [2.05, 4.69) is 27.4 Å². The van der Waals surface area contributed by atoms with Crippen molar-refractivity contribution in [3.63, 3.8) is 0 Å². The number of aromatic nitrogens is 4. The highest BCUT2D eigenvalue weighted by Gasteiger charge is 2.17. The molecule has 0 saturated heterocycles. The predicted octanol–water partition coefficient (Wildman–Crippen LogP) is 3.92. The zero-order valence-electron chi connectivity index (χ0n) is 13.2. The molecule has 0 amide bonds. The van der Waals surface area contributed by atoms with Crippen molar-refractivity contribution < 1.29 is 4.74 Å². The lowest BCUT2D eigenvalue weighted by Gasteiger charge is -2.11. The van der Waals surface area contributed by atoms with Crippen LogP contribution in [0.1, 0.15) is 29.4 Å². The fourth-order valence-corrected chi connectivity index (χ4v) is 3.32. The van der Waals surface area contributed by atoms with Gasteiger partial charge in [0.15, 0.2) is 10.8 Å². The average Bonchev–Trinajstić information content (AvgIpc) is 3.19. The van der Waals surface area contributed by atoms with E-state index in [0.717, 1.165) is 21.5 Å². The average molecular weight is 336 g/mol. The number of rotatable bonds is 5. The summed E-state index contributed by atoms with van der Waals surface area (Å²) in [5.74, 6) is 1.67. The highest BCUT2D eigenvalue weighted by Crippen LogP contribution is 2.25. The van der Waals surface area contributed by atoms with Crippen LogP contribution in [0.2, 0.25) is 0 Å². The first-order valence-electron chi connectivity index (χ1n) is 7.76. The Morgan fingerprint density at radius 3 is 2.46 bits per heavy atom. The van der Waals surface area contributed by atoms with E-state index in [-0.39, 0.29) is 6.10 Å². The molecule has 2 aromatic heterocycles. The van der Waals surface area contributed by atoms with Gasteiger partial charge in [-0.3, -0.25) is 0 Å². The molecule has 0 spiro atoms. The molecule has 0 aliphatic rings. The lowest BCUT2D eigenvalue weighted by Crippen LogP contribution is -2.04. The van der Waals surface area contributed by atoms with Crippen molar-refractivity contribution in [2.75, 3.05) is 0 Å². The molecule has 6 heteroatoms. The summed E-state index contributed by atoms with van der Waals surface area (Å²) in [5.41, 5.74) is 1.19. The largest absolute Gasteiger partial charge is 0.483 e. The van der Waals surface area contributed by atoms with E-state index in [1.165, 1.54) is 16.9 Å². The van der Waals surface area contributed by atoms with Crippen molar-refractivity contribution >= 4 is 16.3 Å². The number of hydrogen-bond acceptors (Lipinski definition) is 5. The summed E-state index contributed by atoms with van der Waals surface area (Å²) in [6.45, 7) is 2.00. The van der Waals surface area contributed by atoms with Crippen molar-refractivity contribution in [1.29, 1.82) is 0 Å². The smallest absolute Gasteiger partial charge is 0.234 e. The van der Waals surface area contributed by atoms with Gasteiger partial charge in [0.1, 0.15) is 11.9 Å². The normalized spacial score (nSPS) is 12.4. The summed E-state index contributed by atoms with van der Waals surface area (Å²) in [4.78, 5) is 0.791. The maximum Gasteiger partial charge on any atom is 0.234 e. The Bertz CT molecular complexity index is 933. The fraction of sp³-hybridized carbons (Fsp3) is 0.167. The third-order valence-electron chi connectivity index (χ3n) is 3.68. The molecule has 24 heavy (non-hydrogen) atoms. The molecule has 4 rings (SSSR count). The van der Waals surface area contributed by atoms with Gasteiger partial charge in [0.05, 0.1) is 0 Å². The van der Waals surface area contributed by atoms with Gasteiger partial charge in [0.25, 0.3) is 0 Å². The molecule has 0 unspecified atom stereocenters. The number of ether oxygens (including phenoxy) is 1. The van der Waals surface area contributed by atoms with Crippen LogP contribution in [0, 0.1) is 0 Å². The van der Waals surface area contributed by atoms with E-state index in [9.17, 15) is 0 Å². The topological polar surface area (TPSA) is 52.3 Å². The SMILES string of the molecule is C[C@@H](Oc1ccccc1)c1nn2c(Cc3ccccc3)nnc2s1. The van der Waals surface area contributed by atoms with Crippen LogP contribution in [-0.4, -0.2) is 19.8 Å². The van der Waals surface area contributed by atoms with Crippen LogP contribution in [0.3, 0.4) is 0 Å². The molecule has 2 heterocycles. The molecule has 0 saturated carbocycles. The molecule has 120 valence electrons. The van der Waals surface area contributed by atoms with Gasteiger partial charge in [-0.1, -0.05) is 59.9 Å². The van der Waals surface area contributed by atoms with Crippen LogP contribution in [0.5, 0.6) is 5.75 Å². The maximum atomic E-state index is 5.94. The quantitative estimate of drug-likeness (QED) is 0.554. The second-order valence-corrected chi connectivity index (χ2v) is 6.47. The second kappa shape index (κ2) is 6.41. The Morgan fingerprint density at radius 2 is 1.71 bits per heavy atom. The van der Waals surface area contributed by atoms with Gasteiger partial charge in [-0.2, -0.15) is 9.61 Å². The minimum Gasteiger partial charge on any atom is -0.483 e. The van der Waals surface area contributed by atoms with Crippen molar-refractivity contribution in [3.05, 3.63) is 77.1 Å². The molecular formula is C18H16N4OS. The van der Waals surface area contributed by atoms with Gasteiger partial charge in [-0.15, -0.1) is 10.2 Å². The monoisotopic (exact) mass is 336 g/mol. The standard InChI is InChI=1S/C18H16N4OS/c1-13(23-15-10-6-3-7-11-15)17-21-22-16(19-20-18(22)24-17)12-14-8-4-2-5-9-14/h2-11,13H,12H2,1H3/t13-/m1/s1. The molecule has 0 N–H and O–H groups in total. The first kappa shape index (κ1) is 14.8. The molecule has 0 radical (unpaired) electrons. The van der Waals surface area contributed by atoms with Crippen LogP contribution in [0.25, 0.3) is 4.96 Å². The van der Waals surface area contributed by atoms with Gasteiger partial charge < -0.3 is 4.74 Å². The van der Waals surface area contributed by atoms with E-state index < -0.39 is 0 Å². The number of nitrogens with zero attached hydrogens (tertiary/aromatic N) is 4. The Labute approximate surface area is 143 Å². The molecular weight excluding hydrogens is 320 g/mol. The van der Waals surface area contributed by atoms with Crippen LogP contribution < -0.4 is 4.74 Å². The molecule has 5 nitrogen and oxygen atoms in total. The van der Waals surface area contributed by atoms with Crippen molar-refractivity contribution in [3.8, 4) is 5.75 Å². The zero-order chi connectivity index (χ0) is 16.4. The van der Waals surface area contributed by atoms with Crippen LogP contribution in [0.15, 0.2) is 60.7 Å². The number of para-hydroxylation sites is 1. The Morgan fingerprint density at radius 1 is 1.00 bits per heavy atom. The van der Waals surface area contributed by atoms with E-state index in [0.29, 0.717) is 6.42 Å². The summed E-state index contributed by atoms with van der Waals surface area (Å²) < 4.78 is 7.76. The van der Waals surface area contributed by atoms with Crippen LogP contribution >= 0.6 is 11.3 Å². The molecule has 1 atom stereocenters. The maximum absolute atomic E-state index is 5.94. The summed E-state index contributed by atoms with van der Waals surface area (Å²) in [7, 11) is 0. The predicted molar refractivity (Wildman–Crippen MR) is 93.4 cm³/mol. The van der Waals surface area contributed by atoms with E-state index >= 15 is 0 Å². The van der Waals surface area contributed by atoms with Crippen LogP contribution in [-0.2, 0) is 6.42 Å². The number of benzene rings is 2. The third kappa shape index (κ3) is 3.00. The van der Waals surface area contributed by atoms with E-state index in [1.54, 1.807) is 0 Å². The van der Waals surface area contributed by atoms with Gasteiger partial charge in [-0.25, -0.2) is 0 Å². The molecule has 0 bridgehead atoms. The molecule has 0 aliphatic carbocycles. The lowest BCUT2D eigenvalue weighted by atomic mass is 10.1. The summed E-state index contributed by atoms with van der Waals surface area (Å²) in [5, 5.41) is 14.0. The van der Waals surface area contributed by atoms with Gasteiger partial charge >= 0.3 is 0 Å².